The van der Waals surface area contributed by atoms with Gasteiger partial charge in [-0.3, -0.25) is 4.79 Å². The Labute approximate surface area is 186 Å². The van der Waals surface area contributed by atoms with Crippen molar-refractivity contribution < 1.29 is 17.6 Å². The zero-order valence-electron chi connectivity index (χ0n) is 16.4. The molecule has 0 aliphatic carbocycles. The molecule has 1 heterocycles. The molecule has 0 bridgehead atoms. The number of sulfone groups is 1. The van der Waals surface area contributed by atoms with Crippen molar-refractivity contribution in [2.45, 2.75) is 31.9 Å². The predicted molar refractivity (Wildman–Crippen MR) is 119 cm³/mol. The Morgan fingerprint density at radius 2 is 1.77 bits per heavy atom. The number of aromatic nitrogens is 1. The van der Waals surface area contributed by atoms with E-state index in [2.05, 4.69) is 4.98 Å². The molecule has 0 aliphatic heterocycles. The van der Waals surface area contributed by atoms with E-state index in [0.717, 1.165) is 5.56 Å². The molecule has 0 unspecified atom stereocenters. The number of carbonyl (C=O) groups is 1. The normalized spacial score (nSPS) is 11.6. The Kier molecular flexibility index (Phi) is 7.34. The summed E-state index contributed by atoms with van der Waals surface area (Å²) in [7, 11) is -3.66. The summed E-state index contributed by atoms with van der Waals surface area (Å²) in [5.41, 5.74) is 1.93. The van der Waals surface area contributed by atoms with Gasteiger partial charge in [0, 0.05) is 11.4 Å². The topological polar surface area (TPSA) is 77.2 Å². The summed E-state index contributed by atoms with van der Waals surface area (Å²) in [6.07, 6.45) is 1.46. The number of benzene rings is 2. The first-order valence-corrected chi connectivity index (χ1v) is 12.0. The third-order valence-corrected chi connectivity index (χ3v) is 6.63. The van der Waals surface area contributed by atoms with E-state index in [9.17, 15) is 13.2 Å². The summed E-state index contributed by atoms with van der Waals surface area (Å²) in [5.74, 6) is -0.519. The molecule has 1 aromatic heterocycles. The van der Waals surface area contributed by atoms with Crippen LogP contribution in [0.15, 0.2) is 52.9 Å². The number of ketones is 1. The lowest BCUT2D eigenvalue weighted by molar-refractivity contribution is -0.116. The third kappa shape index (κ3) is 6.17. The molecule has 158 valence electrons. The van der Waals surface area contributed by atoms with Crippen molar-refractivity contribution in [2.24, 2.45) is 0 Å². The van der Waals surface area contributed by atoms with Crippen molar-refractivity contribution >= 4 is 38.8 Å². The van der Waals surface area contributed by atoms with E-state index in [1.165, 1.54) is 0 Å². The molecule has 0 N–H and O–H groups in total. The molecule has 2 aromatic carbocycles. The van der Waals surface area contributed by atoms with Crippen molar-refractivity contribution in [1.29, 1.82) is 0 Å². The molecule has 0 saturated carbocycles. The first-order chi connectivity index (χ1) is 14.2. The number of halogens is 2. The highest BCUT2D eigenvalue weighted by atomic mass is 35.5. The van der Waals surface area contributed by atoms with E-state index >= 15 is 0 Å². The van der Waals surface area contributed by atoms with Crippen LogP contribution in [0.2, 0.25) is 10.0 Å². The highest BCUT2D eigenvalue weighted by Gasteiger charge is 2.22. The number of hydrogen-bond acceptors (Lipinski definition) is 5. The van der Waals surface area contributed by atoms with Crippen LogP contribution in [0, 0.1) is 6.92 Å². The minimum Gasteiger partial charge on any atom is -0.441 e. The Morgan fingerprint density at radius 1 is 1.07 bits per heavy atom. The first kappa shape index (κ1) is 22.5. The molecule has 0 amide bonds. The van der Waals surface area contributed by atoms with Crippen LogP contribution in [0.3, 0.4) is 0 Å². The van der Waals surface area contributed by atoms with Gasteiger partial charge in [0.1, 0.15) is 17.3 Å². The van der Waals surface area contributed by atoms with E-state index in [4.69, 9.17) is 27.6 Å². The molecule has 0 spiro atoms. The zero-order chi connectivity index (χ0) is 21.7. The van der Waals surface area contributed by atoms with Gasteiger partial charge in [-0.25, -0.2) is 13.4 Å². The first-order valence-electron chi connectivity index (χ1n) is 9.41. The van der Waals surface area contributed by atoms with Crippen LogP contribution in [-0.2, 0) is 26.8 Å². The second kappa shape index (κ2) is 9.77. The third-order valence-electron chi connectivity index (χ3n) is 4.57. The van der Waals surface area contributed by atoms with Crippen molar-refractivity contribution in [3.8, 4) is 11.5 Å². The van der Waals surface area contributed by atoms with Gasteiger partial charge >= 0.3 is 0 Å². The van der Waals surface area contributed by atoms with Crippen LogP contribution in [0.4, 0.5) is 0 Å². The number of carbonyl (C=O) groups excluding carboxylic acids is 1. The van der Waals surface area contributed by atoms with Gasteiger partial charge in [0.25, 0.3) is 0 Å². The van der Waals surface area contributed by atoms with E-state index in [-0.39, 0.29) is 23.8 Å². The second-order valence-corrected chi connectivity index (χ2v) is 9.96. The Balaban J connectivity index is 1.57. The van der Waals surface area contributed by atoms with Gasteiger partial charge in [-0.2, -0.15) is 0 Å². The lowest BCUT2D eigenvalue weighted by Crippen LogP contribution is -2.18. The zero-order valence-corrected chi connectivity index (χ0v) is 18.7. The monoisotopic (exact) mass is 465 g/mol. The molecule has 30 heavy (non-hydrogen) atoms. The summed E-state index contributed by atoms with van der Waals surface area (Å²) in [6, 6.07) is 14.4. The molecule has 0 aliphatic rings. The van der Waals surface area contributed by atoms with Gasteiger partial charge < -0.3 is 4.42 Å². The standard InChI is InChI=1S/C22H21Cl2NO4S/c1-15-21(25-22(29-15)19-7-2-3-8-20(19)24)14-30(27,28)13-18(26)6-4-5-16-9-11-17(23)12-10-16/h2-3,7-12H,4-6,13-14H2,1H3. The summed E-state index contributed by atoms with van der Waals surface area (Å²) in [4.78, 5) is 16.5. The fourth-order valence-corrected chi connectivity index (χ4v) is 4.79. The Bertz CT molecular complexity index is 1140. The largest absolute Gasteiger partial charge is 0.441 e. The number of rotatable bonds is 9. The lowest BCUT2D eigenvalue weighted by Gasteiger charge is -2.04. The highest BCUT2D eigenvalue weighted by Crippen LogP contribution is 2.29. The van der Waals surface area contributed by atoms with Gasteiger partial charge in [0.15, 0.2) is 9.84 Å². The average Bonchev–Trinajstić information content (AvgIpc) is 3.02. The van der Waals surface area contributed by atoms with Gasteiger partial charge in [-0.05, 0) is 49.6 Å². The lowest BCUT2D eigenvalue weighted by atomic mass is 10.1. The quantitative estimate of drug-likeness (QED) is 0.418. The second-order valence-electron chi connectivity index (χ2n) is 7.05. The predicted octanol–water partition coefficient (Wildman–Crippen LogP) is 5.46. The van der Waals surface area contributed by atoms with Crippen LogP contribution in [0.25, 0.3) is 11.5 Å². The number of oxazole rings is 1. The molecule has 3 aromatic rings. The smallest absolute Gasteiger partial charge is 0.228 e. The molecule has 0 atom stereocenters. The van der Waals surface area contributed by atoms with Crippen LogP contribution in [0.5, 0.6) is 0 Å². The minimum absolute atomic E-state index is 0.199. The van der Waals surface area contributed by atoms with Crippen LogP contribution in [-0.4, -0.2) is 24.9 Å². The number of hydrogen-bond donors (Lipinski definition) is 0. The maximum atomic E-state index is 12.5. The number of aryl methyl sites for hydroxylation is 2. The minimum atomic E-state index is -3.66. The average molecular weight is 466 g/mol. The van der Waals surface area contributed by atoms with Gasteiger partial charge in [-0.15, -0.1) is 0 Å². The molecule has 3 rings (SSSR count). The Morgan fingerprint density at radius 3 is 2.47 bits per heavy atom. The summed E-state index contributed by atoms with van der Waals surface area (Å²) in [5, 5.41) is 1.12. The fourth-order valence-electron chi connectivity index (χ4n) is 3.03. The molecule has 8 heteroatoms. The summed E-state index contributed by atoms with van der Waals surface area (Å²) >= 11 is 12.0. The van der Waals surface area contributed by atoms with E-state index in [1.54, 1.807) is 43.3 Å². The summed E-state index contributed by atoms with van der Waals surface area (Å²) < 4.78 is 30.6. The summed E-state index contributed by atoms with van der Waals surface area (Å²) in [6.45, 7) is 1.64. The van der Waals surface area contributed by atoms with Crippen LogP contribution in [0.1, 0.15) is 29.9 Å². The maximum absolute atomic E-state index is 12.5. The van der Waals surface area contributed by atoms with Crippen LogP contribution < -0.4 is 0 Å². The van der Waals surface area contributed by atoms with Crippen molar-refractivity contribution in [3.63, 3.8) is 0 Å². The van der Waals surface area contributed by atoms with E-state index in [0.29, 0.717) is 39.9 Å². The highest BCUT2D eigenvalue weighted by molar-refractivity contribution is 7.91. The van der Waals surface area contributed by atoms with Crippen molar-refractivity contribution in [3.05, 3.63) is 75.6 Å². The SMILES string of the molecule is Cc1oc(-c2ccccc2Cl)nc1CS(=O)(=O)CC(=O)CCCc1ccc(Cl)cc1. The molecule has 0 saturated heterocycles. The van der Waals surface area contributed by atoms with Crippen LogP contribution >= 0.6 is 23.2 Å². The van der Waals surface area contributed by atoms with Gasteiger partial charge in [0.2, 0.25) is 5.89 Å². The molecule has 5 nitrogen and oxygen atoms in total. The number of nitrogens with zero attached hydrogens (tertiary/aromatic N) is 1. The molecular weight excluding hydrogens is 445 g/mol. The Hall–Kier alpha value is -2.15. The molecular formula is C22H21Cl2NO4S. The van der Waals surface area contributed by atoms with Crippen molar-refractivity contribution in [1.82, 2.24) is 4.98 Å². The van der Waals surface area contributed by atoms with E-state index < -0.39 is 15.6 Å². The number of Topliss-reactive ketones (excluding diaryl/α,β-unsaturated/α-hetero) is 1. The van der Waals surface area contributed by atoms with E-state index in [1.807, 2.05) is 12.1 Å². The van der Waals surface area contributed by atoms with Crippen molar-refractivity contribution in [2.75, 3.05) is 5.75 Å². The molecule has 0 radical (unpaired) electrons. The van der Waals surface area contributed by atoms with Gasteiger partial charge in [0.05, 0.1) is 22.0 Å². The maximum Gasteiger partial charge on any atom is 0.228 e. The molecule has 0 fully saturated rings. The fraction of sp³-hybridized carbons (Fsp3) is 0.273. The van der Waals surface area contributed by atoms with Gasteiger partial charge in [-0.1, -0.05) is 47.5 Å².